The van der Waals surface area contributed by atoms with Crippen LogP contribution in [0.1, 0.15) is 38.5 Å². The van der Waals surface area contributed by atoms with Crippen LogP contribution >= 0.6 is 0 Å². The zero-order valence-corrected chi connectivity index (χ0v) is 14.9. The summed E-state index contributed by atoms with van der Waals surface area (Å²) in [6, 6.07) is 0. The third-order valence-corrected chi connectivity index (χ3v) is 4.67. The fourth-order valence-electron chi connectivity index (χ4n) is 3.09. The molecule has 0 unspecified atom stereocenters. The van der Waals surface area contributed by atoms with E-state index in [1.54, 1.807) is 0 Å². The van der Waals surface area contributed by atoms with Crippen molar-refractivity contribution in [3.8, 4) is 0 Å². The molecular weight excluding hydrogens is 328 g/mol. The topological polar surface area (TPSA) is 66.5 Å². The molecule has 26 heavy (non-hydrogen) atoms. The number of carbonyl (C=O) groups is 3. The Morgan fingerprint density at radius 1 is 0.962 bits per heavy atom. The number of allylic oxidation sites excluding steroid dienone is 8. The predicted octanol–water partition coefficient (Wildman–Crippen LogP) is 2.73. The van der Waals surface area contributed by atoms with E-state index < -0.39 is 0 Å². The molecule has 0 aromatic rings. The van der Waals surface area contributed by atoms with Crippen molar-refractivity contribution >= 4 is 17.7 Å². The van der Waals surface area contributed by atoms with Crippen molar-refractivity contribution in [1.29, 1.82) is 0 Å². The summed E-state index contributed by atoms with van der Waals surface area (Å²) in [6.45, 7) is 0.532. The van der Waals surface area contributed by atoms with Crippen LogP contribution in [0.4, 0.5) is 0 Å². The largest absolute Gasteiger partial charge is 0.354 e. The summed E-state index contributed by atoms with van der Waals surface area (Å²) in [5.41, 5.74) is 4.25. The Labute approximate surface area is 153 Å². The lowest BCUT2D eigenvalue weighted by Gasteiger charge is -2.13. The van der Waals surface area contributed by atoms with Crippen LogP contribution in [0, 0.1) is 0 Å². The van der Waals surface area contributed by atoms with Gasteiger partial charge in [0, 0.05) is 31.7 Å². The molecule has 0 spiro atoms. The molecule has 3 aliphatic rings. The number of nitrogens with zero attached hydrogens (tertiary/aromatic N) is 1. The monoisotopic (exact) mass is 352 g/mol. The minimum absolute atomic E-state index is 0.0277. The fraction of sp³-hybridized carbons (Fsp3) is 0.381. The number of imide groups is 1. The summed E-state index contributed by atoms with van der Waals surface area (Å²) >= 11 is 0. The van der Waals surface area contributed by atoms with Crippen molar-refractivity contribution in [3.63, 3.8) is 0 Å². The number of carbonyl (C=O) groups excluding carboxylic acids is 3. The third-order valence-electron chi connectivity index (χ3n) is 4.67. The SMILES string of the molecule is O=C(CCCCCC1=C\C2=C(\C=C/C=C\1)C2)NCCN1C(=O)C=CC1=O. The van der Waals surface area contributed by atoms with Crippen molar-refractivity contribution in [1.82, 2.24) is 10.2 Å². The van der Waals surface area contributed by atoms with Crippen LogP contribution in [-0.2, 0) is 14.4 Å². The van der Waals surface area contributed by atoms with Crippen molar-refractivity contribution in [2.45, 2.75) is 38.5 Å². The summed E-state index contributed by atoms with van der Waals surface area (Å²) in [5.74, 6) is -0.655. The lowest BCUT2D eigenvalue weighted by molar-refractivity contribution is -0.137. The Hall–Kier alpha value is -2.69. The normalized spacial score (nSPS) is 22.5. The standard InChI is InChI=1S/C21H24N2O3/c24-19(22-12-13-23-20(25)10-11-21(23)26)9-3-1-2-6-16-7-4-5-8-17-15-18(17)14-16/h4-5,7-8,10-11,14H,1-3,6,9,12-13,15H2,(H,22,24)/b5-4?,7-4-,8-5-,16-7?,16-14+,17-8?,18-14?. The van der Waals surface area contributed by atoms with E-state index >= 15 is 0 Å². The van der Waals surface area contributed by atoms with Crippen LogP contribution in [0.25, 0.3) is 0 Å². The van der Waals surface area contributed by atoms with Gasteiger partial charge in [-0.2, -0.15) is 0 Å². The Bertz CT molecular complexity index is 735. The summed E-state index contributed by atoms with van der Waals surface area (Å²) in [7, 11) is 0. The first-order chi connectivity index (χ1) is 12.6. The lowest BCUT2D eigenvalue weighted by Crippen LogP contribution is -2.38. The van der Waals surface area contributed by atoms with Crippen LogP contribution in [0.3, 0.4) is 0 Å². The summed E-state index contributed by atoms with van der Waals surface area (Å²) in [5, 5.41) is 2.77. The Morgan fingerprint density at radius 3 is 2.54 bits per heavy atom. The van der Waals surface area contributed by atoms with E-state index in [4.69, 9.17) is 0 Å². The second-order valence-electron chi connectivity index (χ2n) is 6.74. The number of unbranched alkanes of at least 4 members (excludes halogenated alkanes) is 2. The van der Waals surface area contributed by atoms with Gasteiger partial charge in [0.25, 0.3) is 11.8 Å². The molecule has 0 saturated heterocycles. The third kappa shape index (κ3) is 5.15. The molecule has 0 atom stereocenters. The maximum atomic E-state index is 11.8. The first kappa shape index (κ1) is 18.1. The maximum Gasteiger partial charge on any atom is 0.253 e. The lowest BCUT2D eigenvalue weighted by atomic mass is 10.0. The van der Waals surface area contributed by atoms with Gasteiger partial charge in [0.1, 0.15) is 0 Å². The van der Waals surface area contributed by atoms with Gasteiger partial charge in [-0.1, -0.05) is 36.8 Å². The minimum atomic E-state index is -0.314. The maximum absolute atomic E-state index is 11.8. The van der Waals surface area contributed by atoms with Gasteiger partial charge in [0.05, 0.1) is 0 Å². The van der Waals surface area contributed by atoms with E-state index in [0.717, 1.165) is 37.0 Å². The molecule has 1 heterocycles. The van der Waals surface area contributed by atoms with Gasteiger partial charge in [-0.25, -0.2) is 0 Å². The van der Waals surface area contributed by atoms with Crippen LogP contribution < -0.4 is 5.32 Å². The van der Waals surface area contributed by atoms with Crippen LogP contribution in [0.15, 0.2) is 59.3 Å². The molecule has 0 fully saturated rings. The van der Waals surface area contributed by atoms with Crippen molar-refractivity contribution in [2.75, 3.05) is 13.1 Å². The van der Waals surface area contributed by atoms with Crippen molar-refractivity contribution < 1.29 is 14.4 Å². The first-order valence-electron chi connectivity index (χ1n) is 9.21. The Morgan fingerprint density at radius 2 is 1.73 bits per heavy atom. The van der Waals surface area contributed by atoms with Gasteiger partial charge in [-0.05, 0) is 42.4 Å². The molecule has 2 aliphatic carbocycles. The second kappa shape index (κ2) is 8.61. The van der Waals surface area contributed by atoms with E-state index in [-0.39, 0.29) is 24.3 Å². The highest BCUT2D eigenvalue weighted by Crippen LogP contribution is 2.35. The summed E-state index contributed by atoms with van der Waals surface area (Å²) in [6.07, 6.45) is 18.9. The molecule has 3 amide bonds. The second-order valence-corrected chi connectivity index (χ2v) is 6.74. The zero-order chi connectivity index (χ0) is 18.4. The molecule has 3 rings (SSSR count). The van der Waals surface area contributed by atoms with Gasteiger partial charge in [0.2, 0.25) is 5.91 Å². The Kier molecular flexibility index (Phi) is 6.00. The number of hydrogen-bond acceptors (Lipinski definition) is 3. The van der Waals surface area contributed by atoms with E-state index in [2.05, 4.69) is 35.7 Å². The summed E-state index contributed by atoms with van der Waals surface area (Å²) < 4.78 is 0. The van der Waals surface area contributed by atoms with E-state index in [0.29, 0.717) is 13.0 Å². The molecule has 0 aromatic carbocycles. The smallest absolute Gasteiger partial charge is 0.253 e. The average molecular weight is 352 g/mol. The average Bonchev–Trinajstić information content (AvgIpc) is 3.24. The summed E-state index contributed by atoms with van der Waals surface area (Å²) in [4.78, 5) is 35.7. The van der Waals surface area contributed by atoms with Gasteiger partial charge in [-0.3, -0.25) is 19.3 Å². The minimum Gasteiger partial charge on any atom is -0.354 e. The quantitative estimate of drug-likeness (QED) is 0.512. The molecule has 5 nitrogen and oxygen atoms in total. The van der Waals surface area contributed by atoms with Gasteiger partial charge in [0.15, 0.2) is 0 Å². The predicted molar refractivity (Wildman–Crippen MR) is 100.0 cm³/mol. The molecule has 0 bridgehead atoms. The zero-order valence-electron chi connectivity index (χ0n) is 14.9. The molecule has 5 heteroatoms. The highest BCUT2D eigenvalue weighted by molar-refractivity contribution is 6.12. The van der Waals surface area contributed by atoms with Crippen molar-refractivity contribution in [2.24, 2.45) is 0 Å². The van der Waals surface area contributed by atoms with E-state index in [1.165, 1.54) is 28.9 Å². The van der Waals surface area contributed by atoms with E-state index in [1.807, 2.05) is 0 Å². The number of hydrogen-bond donors (Lipinski definition) is 1. The molecular formula is C21H24N2O3. The van der Waals surface area contributed by atoms with Gasteiger partial charge in [-0.15, -0.1) is 0 Å². The van der Waals surface area contributed by atoms with Gasteiger partial charge < -0.3 is 5.32 Å². The highest BCUT2D eigenvalue weighted by atomic mass is 16.2. The highest BCUT2D eigenvalue weighted by Gasteiger charge is 2.22. The number of nitrogens with one attached hydrogen (secondary N) is 1. The van der Waals surface area contributed by atoms with Crippen LogP contribution in [0.5, 0.6) is 0 Å². The molecule has 0 saturated carbocycles. The van der Waals surface area contributed by atoms with E-state index in [9.17, 15) is 14.4 Å². The Balaban J connectivity index is 1.25. The molecule has 1 aliphatic heterocycles. The molecule has 0 aromatic heterocycles. The van der Waals surface area contributed by atoms with Crippen LogP contribution in [-0.4, -0.2) is 35.7 Å². The fourth-order valence-corrected chi connectivity index (χ4v) is 3.09. The number of amides is 3. The van der Waals surface area contributed by atoms with Gasteiger partial charge >= 0.3 is 0 Å². The first-order valence-corrected chi connectivity index (χ1v) is 9.21. The van der Waals surface area contributed by atoms with Crippen LogP contribution in [0.2, 0.25) is 0 Å². The molecule has 136 valence electrons. The van der Waals surface area contributed by atoms with Crippen molar-refractivity contribution in [3.05, 3.63) is 59.3 Å². The number of rotatable bonds is 9. The molecule has 0 radical (unpaired) electrons. The molecule has 1 N–H and O–H groups in total.